The van der Waals surface area contributed by atoms with Gasteiger partial charge in [-0.25, -0.2) is 13.6 Å². The van der Waals surface area contributed by atoms with E-state index in [0.29, 0.717) is 0 Å². The van der Waals surface area contributed by atoms with Crippen LogP contribution in [0.1, 0.15) is 18.9 Å². The SMILES string of the molecule is CCC(Nc1ccccc1F)(C(=O)O)c1ccccc1F. The maximum absolute atomic E-state index is 14.0. The largest absolute Gasteiger partial charge is 0.479 e. The molecule has 0 aliphatic carbocycles. The van der Waals surface area contributed by atoms with Crippen LogP contribution in [0, 0.1) is 11.6 Å². The molecule has 0 saturated carbocycles. The van der Waals surface area contributed by atoms with Crippen LogP contribution in [-0.2, 0) is 10.3 Å². The molecule has 2 aromatic rings. The van der Waals surface area contributed by atoms with Gasteiger partial charge in [0.25, 0.3) is 0 Å². The number of nitrogens with one attached hydrogen (secondary N) is 1. The van der Waals surface area contributed by atoms with Gasteiger partial charge >= 0.3 is 5.97 Å². The van der Waals surface area contributed by atoms with Crippen molar-refractivity contribution in [3.8, 4) is 0 Å². The monoisotopic (exact) mass is 291 g/mol. The summed E-state index contributed by atoms with van der Waals surface area (Å²) in [6, 6.07) is 11.3. The van der Waals surface area contributed by atoms with Crippen molar-refractivity contribution < 1.29 is 18.7 Å². The van der Waals surface area contributed by atoms with E-state index in [0.717, 1.165) is 0 Å². The Morgan fingerprint density at radius 2 is 1.67 bits per heavy atom. The summed E-state index contributed by atoms with van der Waals surface area (Å²) >= 11 is 0. The highest BCUT2D eigenvalue weighted by Crippen LogP contribution is 2.32. The van der Waals surface area contributed by atoms with Crippen LogP contribution in [0.4, 0.5) is 14.5 Å². The third kappa shape index (κ3) is 2.72. The minimum absolute atomic E-state index is 0.0185. The molecule has 2 N–H and O–H groups in total. The fourth-order valence-corrected chi connectivity index (χ4v) is 2.27. The van der Waals surface area contributed by atoms with Gasteiger partial charge in [0.1, 0.15) is 11.6 Å². The molecule has 0 aromatic heterocycles. The van der Waals surface area contributed by atoms with E-state index in [4.69, 9.17) is 0 Å². The number of carboxylic acids is 1. The number of carboxylic acid groups (broad SMARTS) is 1. The molecular weight excluding hydrogens is 276 g/mol. The maximum Gasteiger partial charge on any atom is 0.334 e. The Hall–Kier alpha value is -2.43. The molecule has 0 saturated heterocycles. The Labute approximate surface area is 121 Å². The van der Waals surface area contributed by atoms with E-state index >= 15 is 0 Å². The van der Waals surface area contributed by atoms with Crippen molar-refractivity contribution in [2.75, 3.05) is 5.32 Å². The number of anilines is 1. The molecule has 110 valence electrons. The second-order valence-electron chi connectivity index (χ2n) is 4.65. The quantitative estimate of drug-likeness (QED) is 0.881. The normalized spacial score (nSPS) is 13.5. The standard InChI is InChI=1S/C16H15F2NO2/c1-2-16(15(20)21,11-7-3-4-8-12(11)17)19-14-10-6-5-9-13(14)18/h3-10,19H,2H2,1H3,(H,20,21). The van der Waals surface area contributed by atoms with E-state index in [1.54, 1.807) is 19.1 Å². The predicted octanol–water partition coefficient (Wildman–Crippen LogP) is 3.77. The summed E-state index contributed by atoms with van der Waals surface area (Å²) in [5.41, 5.74) is -1.73. The zero-order valence-electron chi connectivity index (χ0n) is 11.4. The summed E-state index contributed by atoms with van der Waals surface area (Å²) in [4.78, 5) is 11.8. The van der Waals surface area contributed by atoms with Gasteiger partial charge < -0.3 is 10.4 Å². The Kier molecular flexibility index (Phi) is 4.21. The lowest BCUT2D eigenvalue weighted by Gasteiger charge is -2.31. The van der Waals surface area contributed by atoms with Gasteiger partial charge in [-0.15, -0.1) is 0 Å². The number of aliphatic carboxylic acids is 1. The van der Waals surface area contributed by atoms with E-state index in [-0.39, 0.29) is 17.7 Å². The van der Waals surface area contributed by atoms with Crippen molar-refractivity contribution >= 4 is 11.7 Å². The van der Waals surface area contributed by atoms with Crippen LogP contribution in [0.3, 0.4) is 0 Å². The second kappa shape index (κ2) is 5.91. The molecule has 21 heavy (non-hydrogen) atoms. The number of hydrogen-bond acceptors (Lipinski definition) is 2. The Morgan fingerprint density at radius 1 is 1.10 bits per heavy atom. The minimum Gasteiger partial charge on any atom is -0.479 e. The molecule has 0 radical (unpaired) electrons. The fraction of sp³-hybridized carbons (Fsp3) is 0.188. The topological polar surface area (TPSA) is 49.3 Å². The fourth-order valence-electron chi connectivity index (χ4n) is 2.27. The van der Waals surface area contributed by atoms with Gasteiger partial charge in [-0.05, 0) is 24.6 Å². The molecule has 0 amide bonds. The van der Waals surface area contributed by atoms with Crippen LogP contribution in [0.5, 0.6) is 0 Å². The van der Waals surface area contributed by atoms with Gasteiger partial charge in [-0.3, -0.25) is 0 Å². The van der Waals surface area contributed by atoms with E-state index in [2.05, 4.69) is 5.32 Å². The Bertz CT molecular complexity index is 660. The van der Waals surface area contributed by atoms with E-state index in [1.807, 2.05) is 0 Å². The van der Waals surface area contributed by atoms with Crippen LogP contribution >= 0.6 is 0 Å². The van der Waals surface area contributed by atoms with Gasteiger partial charge in [0.2, 0.25) is 0 Å². The highest BCUT2D eigenvalue weighted by molar-refractivity contribution is 5.84. The molecule has 0 aliphatic rings. The molecular formula is C16H15F2NO2. The van der Waals surface area contributed by atoms with Crippen molar-refractivity contribution in [2.24, 2.45) is 0 Å². The van der Waals surface area contributed by atoms with Gasteiger partial charge in [-0.2, -0.15) is 0 Å². The molecule has 0 spiro atoms. The highest BCUT2D eigenvalue weighted by atomic mass is 19.1. The van der Waals surface area contributed by atoms with Gasteiger partial charge in [0.15, 0.2) is 5.54 Å². The summed E-state index contributed by atoms with van der Waals surface area (Å²) in [6.07, 6.45) is 0.0532. The van der Waals surface area contributed by atoms with E-state index in [1.165, 1.54) is 36.4 Å². The van der Waals surface area contributed by atoms with Gasteiger partial charge in [0, 0.05) is 5.56 Å². The first kappa shape index (κ1) is 15.0. The van der Waals surface area contributed by atoms with E-state index in [9.17, 15) is 18.7 Å². The summed E-state index contributed by atoms with van der Waals surface area (Å²) in [5.74, 6) is -2.50. The van der Waals surface area contributed by atoms with Crippen LogP contribution < -0.4 is 5.32 Å². The van der Waals surface area contributed by atoms with Crippen molar-refractivity contribution in [1.82, 2.24) is 0 Å². The molecule has 2 aromatic carbocycles. The lowest BCUT2D eigenvalue weighted by Crippen LogP contribution is -2.44. The first-order valence-corrected chi connectivity index (χ1v) is 6.52. The van der Waals surface area contributed by atoms with Gasteiger partial charge in [-0.1, -0.05) is 37.3 Å². The summed E-state index contributed by atoms with van der Waals surface area (Å²) < 4.78 is 27.8. The molecule has 0 aliphatic heterocycles. The molecule has 0 heterocycles. The predicted molar refractivity (Wildman–Crippen MR) is 76.0 cm³/mol. The molecule has 1 atom stereocenters. The number of para-hydroxylation sites is 1. The number of carbonyl (C=O) groups is 1. The van der Waals surface area contributed by atoms with Crippen molar-refractivity contribution in [3.63, 3.8) is 0 Å². The average molecular weight is 291 g/mol. The number of benzene rings is 2. The lowest BCUT2D eigenvalue weighted by molar-refractivity contribution is -0.143. The van der Waals surface area contributed by atoms with Crippen molar-refractivity contribution in [1.29, 1.82) is 0 Å². The van der Waals surface area contributed by atoms with E-state index < -0.39 is 23.1 Å². The second-order valence-corrected chi connectivity index (χ2v) is 4.65. The molecule has 0 bridgehead atoms. The molecule has 3 nitrogen and oxygen atoms in total. The van der Waals surface area contributed by atoms with Gasteiger partial charge in [0.05, 0.1) is 5.69 Å². The molecule has 1 unspecified atom stereocenters. The summed E-state index contributed by atoms with van der Waals surface area (Å²) in [5, 5.41) is 12.3. The average Bonchev–Trinajstić information content (AvgIpc) is 2.47. The van der Waals surface area contributed by atoms with Crippen molar-refractivity contribution in [2.45, 2.75) is 18.9 Å². The molecule has 0 fully saturated rings. The lowest BCUT2D eigenvalue weighted by atomic mass is 9.86. The van der Waals surface area contributed by atoms with Crippen LogP contribution in [0.25, 0.3) is 0 Å². The molecule has 2 rings (SSSR count). The molecule has 5 heteroatoms. The maximum atomic E-state index is 14.0. The zero-order valence-corrected chi connectivity index (χ0v) is 11.4. The summed E-state index contributed by atoms with van der Waals surface area (Å²) in [7, 11) is 0. The Balaban J connectivity index is 2.56. The number of rotatable bonds is 5. The van der Waals surface area contributed by atoms with Crippen LogP contribution in [0.2, 0.25) is 0 Å². The van der Waals surface area contributed by atoms with Crippen LogP contribution in [-0.4, -0.2) is 11.1 Å². The zero-order chi connectivity index (χ0) is 15.5. The number of halogens is 2. The first-order valence-electron chi connectivity index (χ1n) is 6.52. The first-order chi connectivity index (χ1) is 10.0. The third-order valence-corrected chi connectivity index (χ3v) is 3.45. The van der Waals surface area contributed by atoms with Crippen LogP contribution in [0.15, 0.2) is 48.5 Å². The third-order valence-electron chi connectivity index (χ3n) is 3.45. The minimum atomic E-state index is -1.73. The Morgan fingerprint density at radius 3 is 2.19 bits per heavy atom. The summed E-state index contributed by atoms with van der Waals surface area (Å²) in [6.45, 7) is 1.61. The number of hydrogen-bond donors (Lipinski definition) is 2. The highest BCUT2D eigenvalue weighted by Gasteiger charge is 2.41. The van der Waals surface area contributed by atoms with Crippen molar-refractivity contribution in [3.05, 3.63) is 65.7 Å². The smallest absolute Gasteiger partial charge is 0.334 e.